The number of aliphatic hydroxyl groups excluding tert-OH is 1. The van der Waals surface area contributed by atoms with Crippen LogP contribution >= 0.6 is 11.6 Å². The van der Waals surface area contributed by atoms with Crippen LogP contribution in [0.1, 0.15) is 18.4 Å². The molecule has 0 atom stereocenters. The van der Waals surface area contributed by atoms with Crippen molar-refractivity contribution in [1.29, 1.82) is 0 Å². The topological polar surface area (TPSA) is 49.8 Å². The molecule has 0 unspecified atom stereocenters. The molecule has 1 N–H and O–H groups in total. The van der Waals surface area contributed by atoms with Crippen molar-refractivity contribution in [2.24, 2.45) is 0 Å². The zero-order chi connectivity index (χ0) is 13.8. The number of likely N-dealkylation sites (tertiary alicyclic amines) is 1. The van der Waals surface area contributed by atoms with Gasteiger partial charge >= 0.3 is 0 Å². The summed E-state index contributed by atoms with van der Waals surface area (Å²) < 4.78 is 5.52. The number of benzene rings is 1. The predicted molar refractivity (Wildman–Crippen MR) is 73.5 cm³/mol. The molecule has 19 heavy (non-hydrogen) atoms. The molecule has 0 aliphatic carbocycles. The molecule has 2 rings (SSSR count). The monoisotopic (exact) mass is 283 g/mol. The van der Waals surface area contributed by atoms with E-state index in [4.69, 9.17) is 16.3 Å². The smallest absolute Gasteiger partial charge is 0.260 e. The van der Waals surface area contributed by atoms with Crippen LogP contribution in [0.5, 0.6) is 5.75 Å². The van der Waals surface area contributed by atoms with Crippen molar-refractivity contribution < 1.29 is 14.6 Å². The second-order valence-electron chi connectivity index (χ2n) is 4.81. The molecule has 1 fully saturated rings. The Morgan fingerprint density at radius 2 is 2.16 bits per heavy atom. The van der Waals surface area contributed by atoms with Crippen molar-refractivity contribution in [3.05, 3.63) is 28.8 Å². The van der Waals surface area contributed by atoms with Gasteiger partial charge in [0.2, 0.25) is 0 Å². The predicted octanol–water partition coefficient (Wildman–Crippen LogP) is 2.01. The summed E-state index contributed by atoms with van der Waals surface area (Å²) in [5, 5.41) is 10.1. The fraction of sp³-hybridized carbons (Fsp3) is 0.500. The maximum Gasteiger partial charge on any atom is 0.260 e. The SMILES string of the molecule is Cc1cc(Cl)ccc1OCC(=O)N1CCC(O)CC1. The van der Waals surface area contributed by atoms with Gasteiger partial charge in [0.1, 0.15) is 5.75 Å². The van der Waals surface area contributed by atoms with E-state index in [1.165, 1.54) is 0 Å². The Kier molecular flexibility index (Phi) is 4.66. The summed E-state index contributed by atoms with van der Waals surface area (Å²) >= 11 is 5.86. The quantitative estimate of drug-likeness (QED) is 0.923. The molecular weight excluding hydrogens is 266 g/mol. The van der Waals surface area contributed by atoms with Gasteiger partial charge in [0.15, 0.2) is 6.61 Å². The Hall–Kier alpha value is -1.26. The lowest BCUT2D eigenvalue weighted by Gasteiger charge is -2.29. The molecule has 1 heterocycles. The van der Waals surface area contributed by atoms with Crippen LogP contribution in [0.15, 0.2) is 18.2 Å². The van der Waals surface area contributed by atoms with Crippen LogP contribution in [-0.4, -0.2) is 41.7 Å². The van der Waals surface area contributed by atoms with Gasteiger partial charge in [-0.15, -0.1) is 0 Å². The Bertz CT molecular complexity index is 456. The minimum atomic E-state index is -0.275. The number of hydrogen-bond donors (Lipinski definition) is 1. The van der Waals surface area contributed by atoms with Crippen molar-refractivity contribution in [3.63, 3.8) is 0 Å². The summed E-state index contributed by atoms with van der Waals surface area (Å²) in [4.78, 5) is 13.7. The van der Waals surface area contributed by atoms with E-state index in [2.05, 4.69) is 0 Å². The number of ether oxygens (including phenoxy) is 1. The first-order valence-corrected chi connectivity index (χ1v) is 6.79. The van der Waals surface area contributed by atoms with E-state index in [0.717, 1.165) is 5.56 Å². The van der Waals surface area contributed by atoms with Gasteiger partial charge in [-0.1, -0.05) is 11.6 Å². The van der Waals surface area contributed by atoms with Crippen molar-refractivity contribution in [3.8, 4) is 5.75 Å². The maximum absolute atomic E-state index is 11.9. The lowest BCUT2D eigenvalue weighted by atomic mass is 10.1. The minimum Gasteiger partial charge on any atom is -0.483 e. The van der Waals surface area contributed by atoms with Gasteiger partial charge in [0.25, 0.3) is 5.91 Å². The molecule has 5 heteroatoms. The molecule has 1 aromatic rings. The van der Waals surface area contributed by atoms with Crippen molar-refractivity contribution in [1.82, 2.24) is 4.90 Å². The molecule has 0 radical (unpaired) electrons. The summed E-state index contributed by atoms with van der Waals surface area (Å²) in [6.45, 7) is 3.12. The minimum absolute atomic E-state index is 0.0264. The number of carbonyl (C=O) groups excluding carboxylic acids is 1. The first kappa shape index (κ1) is 14.2. The highest BCUT2D eigenvalue weighted by atomic mass is 35.5. The van der Waals surface area contributed by atoms with Crippen LogP contribution in [-0.2, 0) is 4.79 Å². The van der Waals surface area contributed by atoms with Gasteiger partial charge in [0, 0.05) is 18.1 Å². The second kappa shape index (κ2) is 6.26. The number of aryl methyl sites for hydroxylation is 1. The molecule has 1 aliphatic heterocycles. The highest BCUT2D eigenvalue weighted by Gasteiger charge is 2.21. The first-order chi connectivity index (χ1) is 9.06. The van der Waals surface area contributed by atoms with Gasteiger partial charge in [-0.25, -0.2) is 0 Å². The van der Waals surface area contributed by atoms with E-state index < -0.39 is 0 Å². The van der Waals surface area contributed by atoms with E-state index >= 15 is 0 Å². The summed E-state index contributed by atoms with van der Waals surface area (Å²) in [7, 11) is 0. The van der Waals surface area contributed by atoms with Gasteiger partial charge in [-0.3, -0.25) is 4.79 Å². The zero-order valence-corrected chi connectivity index (χ0v) is 11.7. The number of rotatable bonds is 3. The van der Waals surface area contributed by atoms with Crippen molar-refractivity contribution in [2.45, 2.75) is 25.9 Å². The number of piperidine rings is 1. The first-order valence-electron chi connectivity index (χ1n) is 6.41. The molecular formula is C14H18ClNO3. The third-order valence-electron chi connectivity index (χ3n) is 3.31. The molecule has 1 amide bonds. The number of halogens is 1. The lowest BCUT2D eigenvalue weighted by Crippen LogP contribution is -2.42. The Balaban J connectivity index is 1.86. The number of aliphatic hydroxyl groups is 1. The highest BCUT2D eigenvalue weighted by molar-refractivity contribution is 6.30. The Morgan fingerprint density at radius 3 is 2.79 bits per heavy atom. The number of nitrogens with zero attached hydrogens (tertiary/aromatic N) is 1. The average molecular weight is 284 g/mol. The molecule has 0 bridgehead atoms. The molecule has 0 saturated carbocycles. The number of hydrogen-bond acceptors (Lipinski definition) is 3. The van der Waals surface area contributed by atoms with E-state index in [1.807, 2.05) is 6.92 Å². The van der Waals surface area contributed by atoms with Crippen molar-refractivity contribution in [2.75, 3.05) is 19.7 Å². The van der Waals surface area contributed by atoms with Gasteiger partial charge in [0.05, 0.1) is 6.10 Å². The number of carbonyl (C=O) groups is 1. The third kappa shape index (κ3) is 3.85. The maximum atomic E-state index is 11.9. The third-order valence-corrected chi connectivity index (χ3v) is 3.54. The largest absolute Gasteiger partial charge is 0.483 e. The fourth-order valence-electron chi connectivity index (χ4n) is 2.12. The molecule has 0 spiro atoms. The van der Waals surface area contributed by atoms with Crippen LogP contribution in [0.4, 0.5) is 0 Å². The van der Waals surface area contributed by atoms with Gasteiger partial charge in [-0.2, -0.15) is 0 Å². The van der Waals surface area contributed by atoms with Crippen LogP contribution in [0.2, 0.25) is 5.02 Å². The molecule has 1 aromatic carbocycles. The second-order valence-corrected chi connectivity index (χ2v) is 5.25. The van der Waals surface area contributed by atoms with Gasteiger partial charge in [-0.05, 0) is 43.5 Å². The average Bonchev–Trinajstić information content (AvgIpc) is 2.38. The normalized spacial score (nSPS) is 16.5. The van der Waals surface area contributed by atoms with E-state index in [9.17, 15) is 9.90 Å². The Morgan fingerprint density at radius 1 is 1.47 bits per heavy atom. The van der Waals surface area contributed by atoms with Crippen LogP contribution in [0, 0.1) is 6.92 Å². The van der Waals surface area contributed by atoms with Crippen molar-refractivity contribution >= 4 is 17.5 Å². The van der Waals surface area contributed by atoms with E-state index in [1.54, 1.807) is 23.1 Å². The standard InChI is InChI=1S/C14H18ClNO3/c1-10-8-11(15)2-3-13(10)19-9-14(18)16-6-4-12(17)5-7-16/h2-3,8,12,17H,4-7,9H2,1H3. The van der Waals surface area contributed by atoms with Crippen LogP contribution in [0.25, 0.3) is 0 Å². The van der Waals surface area contributed by atoms with E-state index in [0.29, 0.717) is 36.7 Å². The summed E-state index contributed by atoms with van der Waals surface area (Å²) in [6, 6.07) is 5.31. The summed E-state index contributed by atoms with van der Waals surface area (Å²) in [6.07, 6.45) is 1.01. The molecule has 1 saturated heterocycles. The molecule has 0 aromatic heterocycles. The molecule has 104 valence electrons. The summed E-state index contributed by atoms with van der Waals surface area (Å²) in [5.74, 6) is 0.635. The fourth-order valence-corrected chi connectivity index (χ4v) is 2.35. The van der Waals surface area contributed by atoms with Gasteiger partial charge < -0.3 is 14.7 Å². The van der Waals surface area contributed by atoms with Crippen LogP contribution < -0.4 is 4.74 Å². The zero-order valence-electron chi connectivity index (χ0n) is 10.9. The summed E-state index contributed by atoms with van der Waals surface area (Å²) in [5.41, 5.74) is 0.911. The lowest BCUT2D eigenvalue weighted by molar-refractivity contribution is -0.135. The Labute approximate surface area is 117 Å². The number of amides is 1. The highest BCUT2D eigenvalue weighted by Crippen LogP contribution is 2.22. The molecule has 4 nitrogen and oxygen atoms in total. The van der Waals surface area contributed by atoms with Crippen LogP contribution in [0.3, 0.4) is 0 Å². The van der Waals surface area contributed by atoms with E-state index in [-0.39, 0.29) is 18.6 Å². The molecule has 1 aliphatic rings.